The van der Waals surface area contributed by atoms with E-state index in [1.807, 2.05) is 22.4 Å². The zero-order valence-electron chi connectivity index (χ0n) is 14.0. The minimum Gasteiger partial charge on any atom is -0.355 e. The third-order valence-corrected chi connectivity index (χ3v) is 5.93. The van der Waals surface area contributed by atoms with Gasteiger partial charge in [0.15, 0.2) is 11.5 Å². The lowest BCUT2D eigenvalue weighted by Gasteiger charge is -2.32. The van der Waals surface area contributed by atoms with Crippen LogP contribution in [0.15, 0.2) is 28.1 Å². The summed E-state index contributed by atoms with van der Waals surface area (Å²) in [6.45, 7) is 2.99. The summed E-state index contributed by atoms with van der Waals surface area (Å²) in [5.41, 5.74) is 0.340. The molecule has 6 nitrogen and oxygen atoms in total. The van der Waals surface area contributed by atoms with E-state index in [0.29, 0.717) is 24.5 Å². The smallest absolute Gasteiger partial charge is 0.276 e. The third-order valence-electron chi connectivity index (χ3n) is 5.04. The fourth-order valence-electron chi connectivity index (χ4n) is 3.60. The van der Waals surface area contributed by atoms with E-state index in [1.54, 1.807) is 22.3 Å². The number of thiophene rings is 1. The number of carbonyl (C=O) groups is 2. The number of piperidine rings is 1. The second-order valence-electron chi connectivity index (χ2n) is 6.65. The normalized spacial score (nSPS) is 18.7. The van der Waals surface area contributed by atoms with Gasteiger partial charge in [-0.15, -0.1) is 11.3 Å². The molecule has 0 radical (unpaired) electrons. The highest BCUT2D eigenvalue weighted by Gasteiger charge is 2.32. The molecule has 0 saturated carbocycles. The minimum absolute atomic E-state index is 0.0566. The van der Waals surface area contributed by atoms with E-state index in [-0.39, 0.29) is 17.7 Å². The summed E-state index contributed by atoms with van der Waals surface area (Å²) in [7, 11) is 0. The molecule has 25 heavy (non-hydrogen) atoms. The van der Waals surface area contributed by atoms with E-state index in [9.17, 15) is 9.59 Å². The first kappa shape index (κ1) is 16.3. The summed E-state index contributed by atoms with van der Waals surface area (Å²) in [4.78, 5) is 29.8. The average molecular weight is 359 g/mol. The molecular formula is C18H21N3O3S. The lowest BCUT2D eigenvalue weighted by atomic mass is 9.95. The molecule has 132 valence electrons. The summed E-state index contributed by atoms with van der Waals surface area (Å²) in [5.74, 6) is 0.836. The van der Waals surface area contributed by atoms with Gasteiger partial charge in [0, 0.05) is 38.2 Å². The van der Waals surface area contributed by atoms with Crippen molar-refractivity contribution in [3.05, 3.63) is 29.3 Å². The Kier molecular flexibility index (Phi) is 4.57. The standard InChI is InChI=1S/C18H21N3O3S/c22-17(20-7-1-2-8-20)13-5-9-21(10-6-13)18(23)14-12-15(24-19-14)16-4-3-11-25-16/h3-4,11-13H,1-2,5-10H2. The van der Waals surface area contributed by atoms with Crippen LogP contribution in [0.1, 0.15) is 36.2 Å². The maximum Gasteiger partial charge on any atom is 0.276 e. The number of nitrogens with zero attached hydrogens (tertiary/aromatic N) is 3. The number of aromatic nitrogens is 1. The quantitative estimate of drug-likeness (QED) is 0.845. The van der Waals surface area contributed by atoms with Crippen LogP contribution in [0, 0.1) is 5.92 Å². The Bertz CT molecular complexity index is 741. The molecule has 7 heteroatoms. The Morgan fingerprint density at radius 1 is 1.12 bits per heavy atom. The molecule has 2 saturated heterocycles. The number of hydrogen-bond acceptors (Lipinski definition) is 5. The van der Waals surface area contributed by atoms with E-state index >= 15 is 0 Å². The van der Waals surface area contributed by atoms with Crippen molar-refractivity contribution < 1.29 is 14.1 Å². The topological polar surface area (TPSA) is 66.7 Å². The Labute approximate surface area is 150 Å². The highest BCUT2D eigenvalue weighted by molar-refractivity contribution is 7.13. The molecule has 4 rings (SSSR count). The van der Waals surface area contributed by atoms with Gasteiger partial charge in [0.1, 0.15) is 0 Å². The lowest BCUT2D eigenvalue weighted by molar-refractivity contribution is -0.135. The van der Waals surface area contributed by atoms with E-state index in [2.05, 4.69) is 5.16 Å². The highest BCUT2D eigenvalue weighted by atomic mass is 32.1. The number of rotatable bonds is 3. The Balaban J connectivity index is 1.36. The first-order valence-electron chi connectivity index (χ1n) is 8.81. The molecule has 2 aromatic rings. The Morgan fingerprint density at radius 2 is 1.88 bits per heavy atom. The van der Waals surface area contributed by atoms with Crippen LogP contribution in [-0.4, -0.2) is 52.9 Å². The molecule has 2 fully saturated rings. The summed E-state index contributed by atoms with van der Waals surface area (Å²) in [6, 6.07) is 5.58. The Morgan fingerprint density at radius 3 is 2.56 bits per heavy atom. The molecule has 0 aliphatic carbocycles. The van der Waals surface area contributed by atoms with Crippen molar-refractivity contribution in [2.75, 3.05) is 26.2 Å². The van der Waals surface area contributed by atoms with Crippen LogP contribution in [0.5, 0.6) is 0 Å². The van der Waals surface area contributed by atoms with E-state index < -0.39 is 0 Å². The zero-order valence-corrected chi connectivity index (χ0v) is 14.8. The number of hydrogen-bond donors (Lipinski definition) is 0. The van der Waals surface area contributed by atoms with Crippen LogP contribution in [0.25, 0.3) is 10.6 Å². The number of carbonyl (C=O) groups excluding carboxylic acids is 2. The van der Waals surface area contributed by atoms with Crippen molar-refractivity contribution in [2.24, 2.45) is 5.92 Å². The predicted molar refractivity (Wildman–Crippen MR) is 94.3 cm³/mol. The second kappa shape index (κ2) is 7.00. The summed E-state index contributed by atoms with van der Waals surface area (Å²) >= 11 is 1.55. The van der Waals surface area contributed by atoms with Crippen molar-refractivity contribution in [1.29, 1.82) is 0 Å². The van der Waals surface area contributed by atoms with Gasteiger partial charge in [-0.1, -0.05) is 11.2 Å². The van der Waals surface area contributed by atoms with Gasteiger partial charge in [0.2, 0.25) is 5.91 Å². The van der Waals surface area contributed by atoms with Gasteiger partial charge in [-0.2, -0.15) is 0 Å². The minimum atomic E-state index is -0.112. The van der Waals surface area contributed by atoms with Crippen molar-refractivity contribution in [3.63, 3.8) is 0 Å². The summed E-state index contributed by atoms with van der Waals surface area (Å²) < 4.78 is 5.30. The van der Waals surface area contributed by atoms with Crippen LogP contribution in [-0.2, 0) is 4.79 Å². The third kappa shape index (κ3) is 3.33. The van der Waals surface area contributed by atoms with Crippen molar-refractivity contribution in [3.8, 4) is 10.6 Å². The average Bonchev–Trinajstić information content (AvgIpc) is 3.42. The van der Waals surface area contributed by atoms with Crippen LogP contribution < -0.4 is 0 Å². The van der Waals surface area contributed by atoms with Gasteiger partial charge in [-0.25, -0.2) is 0 Å². The van der Waals surface area contributed by atoms with Crippen LogP contribution in [0.2, 0.25) is 0 Å². The number of likely N-dealkylation sites (tertiary alicyclic amines) is 2. The van der Waals surface area contributed by atoms with E-state index in [0.717, 1.165) is 43.6 Å². The van der Waals surface area contributed by atoms with Crippen molar-refractivity contribution in [2.45, 2.75) is 25.7 Å². The van der Waals surface area contributed by atoms with Gasteiger partial charge in [0.05, 0.1) is 4.88 Å². The molecule has 0 spiro atoms. The summed E-state index contributed by atoms with van der Waals surface area (Å²) in [5, 5.41) is 5.89. The lowest BCUT2D eigenvalue weighted by Crippen LogP contribution is -2.43. The molecule has 4 heterocycles. The zero-order chi connectivity index (χ0) is 17.2. The molecular weight excluding hydrogens is 338 g/mol. The molecule has 0 N–H and O–H groups in total. The van der Waals surface area contributed by atoms with Gasteiger partial charge in [-0.3, -0.25) is 9.59 Å². The van der Waals surface area contributed by atoms with Crippen LogP contribution >= 0.6 is 11.3 Å². The van der Waals surface area contributed by atoms with Gasteiger partial charge in [-0.05, 0) is 37.1 Å². The van der Waals surface area contributed by atoms with Gasteiger partial charge in [0.25, 0.3) is 5.91 Å². The highest BCUT2D eigenvalue weighted by Crippen LogP contribution is 2.27. The largest absolute Gasteiger partial charge is 0.355 e. The van der Waals surface area contributed by atoms with Crippen molar-refractivity contribution in [1.82, 2.24) is 15.0 Å². The maximum absolute atomic E-state index is 12.6. The summed E-state index contributed by atoms with van der Waals surface area (Å²) in [6.07, 6.45) is 3.69. The predicted octanol–water partition coefficient (Wildman–Crippen LogP) is 2.88. The SMILES string of the molecule is O=C(c1cc(-c2cccs2)on1)N1CCC(C(=O)N2CCCC2)CC1. The molecule has 2 aromatic heterocycles. The molecule has 0 aromatic carbocycles. The molecule has 2 aliphatic heterocycles. The number of amides is 2. The molecule has 0 unspecified atom stereocenters. The van der Waals surface area contributed by atoms with E-state index in [1.165, 1.54) is 0 Å². The van der Waals surface area contributed by atoms with Crippen molar-refractivity contribution >= 4 is 23.2 Å². The van der Waals surface area contributed by atoms with Crippen LogP contribution in [0.4, 0.5) is 0 Å². The van der Waals surface area contributed by atoms with Crippen LogP contribution in [0.3, 0.4) is 0 Å². The fourth-order valence-corrected chi connectivity index (χ4v) is 4.27. The molecule has 0 bridgehead atoms. The maximum atomic E-state index is 12.6. The molecule has 2 amide bonds. The molecule has 2 aliphatic rings. The van der Waals surface area contributed by atoms with Gasteiger partial charge >= 0.3 is 0 Å². The van der Waals surface area contributed by atoms with Gasteiger partial charge < -0.3 is 14.3 Å². The second-order valence-corrected chi connectivity index (χ2v) is 7.60. The van der Waals surface area contributed by atoms with E-state index in [4.69, 9.17) is 4.52 Å². The molecule has 0 atom stereocenters. The fraction of sp³-hybridized carbons (Fsp3) is 0.500. The first-order valence-corrected chi connectivity index (χ1v) is 9.69. The first-order chi connectivity index (χ1) is 12.2. The monoisotopic (exact) mass is 359 g/mol. The Hall–Kier alpha value is -2.15.